The summed E-state index contributed by atoms with van der Waals surface area (Å²) < 4.78 is 5.39. The molecule has 0 heterocycles. The number of carbonyl (C=O) groups is 1. The van der Waals surface area contributed by atoms with Crippen LogP contribution in [0.1, 0.15) is 29.8 Å². The van der Waals surface area contributed by atoms with Gasteiger partial charge in [-0.1, -0.05) is 62.4 Å². The van der Waals surface area contributed by atoms with Gasteiger partial charge in [0.25, 0.3) is 5.91 Å². The highest BCUT2D eigenvalue weighted by Gasteiger charge is 2.06. The molecule has 0 spiro atoms. The van der Waals surface area contributed by atoms with Gasteiger partial charge >= 0.3 is 0 Å². The lowest BCUT2D eigenvalue weighted by atomic mass is 10.0. The van der Waals surface area contributed by atoms with Crippen molar-refractivity contribution in [3.63, 3.8) is 0 Å². The number of fused-ring (bicyclic) bond motifs is 1. The maximum absolute atomic E-state index is 12.0. The zero-order valence-corrected chi connectivity index (χ0v) is 14.7. The van der Waals surface area contributed by atoms with Crippen LogP contribution < -0.4 is 10.2 Å². The van der Waals surface area contributed by atoms with Gasteiger partial charge in [-0.05, 0) is 29.0 Å². The topological polar surface area (TPSA) is 50.7 Å². The van der Waals surface area contributed by atoms with Crippen molar-refractivity contribution in [2.75, 3.05) is 7.11 Å². The maximum atomic E-state index is 12.0. The zero-order valence-electron chi connectivity index (χ0n) is 14.7. The number of nitrogens with one attached hydrogen (secondary N) is 1. The van der Waals surface area contributed by atoms with Gasteiger partial charge in [0, 0.05) is 11.1 Å². The highest BCUT2D eigenvalue weighted by atomic mass is 16.5. The fraction of sp³-hybridized carbons (Fsp3) is 0.143. The number of rotatable bonds is 4. The van der Waals surface area contributed by atoms with Crippen LogP contribution in [0.5, 0.6) is 5.75 Å². The number of nitrogens with zero attached hydrogens (tertiary/aromatic N) is 1. The van der Waals surface area contributed by atoms with Crippen LogP contribution >= 0.6 is 0 Å². The maximum Gasteiger partial charge on any atom is 0.271 e. The zero-order chi connectivity index (χ0) is 18.1. The molecule has 3 aromatic rings. The van der Waals surface area contributed by atoms with Crippen molar-refractivity contribution in [1.82, 2.24) is 5.43 Å². The first-order valence-corrected chi connectivity index (χ1v) is 8.24. The summed E-state index contributed by atoms with van der Waals surface area (Å²) in [6, 6.07) is 20.8. The summed E-state index contributed by atoms with van der Waals surface area (Å²) in [4.78, 5) is 12.0. The molecule has 0 bridgehead atoms. The van der Waals surface area contributed by atoms with Gasteiger partial charge in [-0.2, -0.15) is 5.10 Å². The molecule has 0 aromatic heterocycles. The highest BCUT2D eigenvalue weighted by Crippen LogP contribution is 2.26. The number of methoxy groups -OCH3 is 1. The van der Waals surface area contributed by atoms with Gasteiger partial charge in [-0.25, -0.2) is 5.43 Å². The summed E-state index contributed by atoms with van der Waals surface area (Å²) in [5.74, 6) is 0.461. The van der Waals surface area contributed by atoms with Gasteiger partial charge in [0.2, 0.25) is 0 Å². The second kappa shape index (κ2) is 9.23. The van der Waals surface area contributed by atoms with Gasteiger partial charge in [-0.3, -0.25) is 4.79 Å². The minimum Gasteiger partial charge on any atom is -0.496 e. The lowest BCUT2D eigenvalue weighted by molar-refractivity contribution is 0.0955. The molecule has 0 saturated heterocycles. The number of hydrogen-bond acceptors (Lipinski definition) is 3. The largest absolute Gasteiger partial charge is 0.496 e. The average molecular weight is 334 g/mol. The summed E-state index contributed by atoms with van der Waals surface area (Å²) in [6.45, 7) is 4.00. The quantitative estimate of drug-likeness (QED) is 0.558. The van der Waals surface area contributed by atoms with Crippen LogP contribution in [0.2, 0.25) is 0 Å². The van der Waals surface area contributed by atoms with E-state index in [1.165, 1.54) is 0 Å². The Balaban J connectivity index is 0.00000109. The Morgan fingerprint density at radius 3 is 2.36 bits per heavy atom. The molecule has 4 nitrogen and oxygen atoms in total. The first-order valence-electron chi connectivity index (χ1n) is 8.24. The van der Waals surface area contributed by atoms with E-state index in [9.17, 15) is 4.79 Å². The first kappa shape index (κ1) is 18.2. The average Bonchev–Trinajstić information content (AvgIpc) is 2.70. The van der Waals surface area contributed by atoms with E-state index < -0.39 is 0 Å². The van der Waals surface area contributed by atoms with Gasteiger partial charge in [0.1, 0.15) is 5.75 Å². The van der Waals surface area contributed by atoms with E-state index in [0.29, 0.717) is 11.3 Å². The van der Waals surface area contributed by atoms with E-state index in [-0.39, 0.29) is 5.91 Å². The molecule has 0 saturated carbocycles. The summed E-state index contributed by atoms with van der Waals surface area (Å²) in [5, 5.41) is 6.18. The van der Waals surface area contributed by atoms with Gasteiger partial charge in [0.15, 0.2) is 0 Å². The molecule has 0 unspecified atom stereocenters. The van der Waals surface area contributed by atoms with Crippen molar-refractivity contribution < 1.29 is 9.53 Å². The minimum atomic E-state index is -0.249. The predicted molar refractivity (Wildman–Crippen MR) is 103 cm³/mol. The third-order valence-corrected chi connectivity index (χ3v) is 3.55. The Labute approximate surface area is 148 Å². The Kier molecular flexibility index (Phi) is 6.72. The Morgan fingerprint density at radius 1 is 0.960 bits per heavy atom. The van der Waals surface area contributed by atoms with Gasteiger partial charge in [0.05, 0.1) is 13.3 Å². The van der Waals surface area contributed by atoms with Crippen molar-refractivity contribution in [3.8, 4) is 5.75 Å². The number of ether oxygens (including phenoxy) is 1. The molecule has 0 aliphatic carbocycles. The standard InChI is InChI=1S/C19H16N2O2.C2H6/c1-23-18-12-11-14-7-5-6-10-16(14)17(18)13-20-21-19(22)15-8-3-2-4-9-15;1-2/h2-13H,1H3,(H,21,22);1-2H3/b20-13+;. The molecule has 4 heteroatoms. The smallest absolute Gasteiger partial charge is 0.271 e. The lowest BCUT2D eigenvalue weighted by Gasteiger charge is -2.08. The van der Waals surface area contributed by atoms with Crippen LogP contribution in [0.3, 0.4) is 0 Å². The summed E-state index contributed by atoms with van der Waals surface area (Å²) in [5.41, 5.74) is 3.94. The van der Waals surface area contributed by atoms with Crippen molar-refractivity contribution in [3.05, 3.63) is 77.9 Å². The van der Waals surface area contributed by atoms with Crippen LogP contribution in [0.15, 0.2) is 71.8 Å². The summed E-state index contributed by atoms with van der Waals surface area (Å²) in [7, 11) is 1.62. The minimum absolute atomic E-state index is 0.249. The van der Waals surface area contributed by atoms with E-state index in [0.717, 1.165) is 16.3 Å². The van der Waals surface area contributed by atoms with Crippen LogP contribution in [-0.2, 0) is 0 Å². The van der Waals surface area contributed by atoms with E-state index in [1.54, 1.807) is 25.5 Å². The van der Waals surface area contributed by atoms with E-state index in [2.05, 4.69) is 10.5 Å². The molecule has 3 rings (SSSR count). The molecule has 3 aromatic carbocycles. The first-order chi connectivity index (χ1) is 12.3. The fourth-order valence-corrected chi connectivity index (χ4v) is 2.40. The molecular formula is C21H22N2O2. The summed E-state index contributed by atoms with van der Waals surface area (Å²) >= 11 is 0. The number of carbonyl (C=O) groups excluding carboxylic acids is 1. The van der Waals surface area contributed by atoms with Gasteiger partial charge < -0.3 is 4.74 Å². The third kappa shape index (κ3) is 4.44. The second-order valence-electron chi connectivity index (χ2n) is 4.97. The highest BCUT2D eigenvalue weighted by molar-refractivity contribution is 6.03. The lowest BCUT2D eigenvalue weighted by Crippen LogP contribution is -2.17. The molecule has 0 aliphatic heterocycles. The monoisotopic (exact) mass is 334 g/mol. The fourth-order valence-electron chi connectivity index (χ4n) is 2.40. The molecule has 0 atom stereocenters. The van der Waals surface area contributed by atoms with Crippen molar-refractivity contribution in [2.24, 2.45) is 5.10 Å². The molecule has 1 N–H and O–H groups in total. The van der Waals surface area contributed by atoms with E-state index >= 15 is 0 Å². The molecule has 128 valence electrons. The van der Waals surface area contributed by atoms with Crippen molar-refractivity contribution in [1.29, 1.82) is 0 Å². The van der Waals surface area contributed by atoms with Crippen molar-refractivity contribution >= 4 is 22.9 Å². The number of hydrogen-bond donors (Lipinski definition) is 1. The van der Waals surface area contributed by atoms with Crippen LogP contribution in [0.4, 0.5) is 0 Å². The molecule has 0 fully saturated rings. The second-order valence-corrected chi connectivity index (χ2v) is 4.97. The van der Waals surface area contributed by atoms with Gasteiger partial charge in [-0.15, -0.1) is 0 Å². The van der Waals surface area contributed by atoms with Crippen LogP contribution in [0, 0.1) is 0 Å². The molecular weight excluding hydrogens is 312 g/mol. The SMILES string of the molecule is CC.COc1ccc2ccccc2c1/C=N/NC(=O)c1ccccc1. The van der Waals surface area contributed by atoms with Crippen molar-refractivity contribution in [2.45, 2.75) is 13.8 Å². The molecule has 0 radical (unpaired) electrons. The van der Waals surface area contributed by atoms with Crippen LogP contribution in [0.25, 0.3) is 10.8 Å². The number of benzene rings is 3. The normalized spacial score (nSPS) is 10.2. The Morgan fingerprint density at radius 2 is 1.64 bits per heavy atom. The third-order valence-electron chi connectivity index (χ3n) is 3.55. The van der Waals surface area contributed by atoms with E-state index in [4.69, 9.17) is 4.74 Å². The number of amides is 1. The number of hydrazone groups is 1. The molecule has 0 aliphatic rings. The Hall–Kier alpha value is -3.14. The summed E-state index contributed by atoms with van der Waals surface area (Å²) in [6.07, 6.45) is 1.61. The van der Waals surface area contributed by atoms with E-state index in [1.807, 2.05) is 68.4 Å². The molecule has 25 heavy (non-hydrogen) atoms. The Bertz CT molecular complexity index is 858. The predicted octanol–water partition coefficient (Wildman–Crippen LogP) is 4.64. The molecule has 1 amide bonds. The van der Waals surface area contributed by atoms with Crippen LogP contribution in [-0.4, -0.2) is 19.2 Å².